The monoisotopic (exact) mass is 312 g/mol. The molecule has 3 nitrogen and oxygen atoms in total. The zero-order chi connectivity index (χ0) is 13.1. The van der Waals surface area contributed by atoms with Gasteiger partial charge in [-0.25, -0.2) is 5.90 Å². The van der Waals surface area contributed by atoms with Crippen molar-refractivity contribution in [3.05, 3.63) is 28.2 Å². The normalized spacial score (nSPS) is 24.0. The van der Waals surface area contributed by atoms with E-state index in [1.807, 2.05) is 0 Å². The second kappa shape index (κ2) is 6.04. The van der Waals surface area contributed by atoms with Crippen LogP contribution in [-0.4, -0.2) is 19.2 Å². The predicted molar refractivity (Wildman–Crippen MR) is 78.6 cm³/mol. The zero-order valence-corrected chi connectivity index (χ0v) is 12.6. The van der Waals surface area contributed by atoms with E-state index in [4.69, 9.17) is 10.7 Å². The van der Waals surface area contributed by atoms with E-state index in [0.29, 0.717) is 6.04 Å². The number of nitrogens with zero attached hydrogens (tertiary/aromatic N) is 1. The van der Waals surface area contributed by atoms with Crippen LogP contribution in [0.15, 0.2) is 22.7 Å². The molecule has 0 heterocycles. The number of hydrogen-bond acceptors (Lipinski definition) is 3. The third-order valence-electron chi connectivity index (χ3n) is 3.87. The Kier molecular flexibility index (Phi) is 4.65. The van der Waals surface area contributed by atoms with E-state index in [2.05, 4.69) is 53.0 Å². The second-order valence-corrected chi connectivity index (χ2v) is 5.99. The van der Waals surface area contributed by atoms with E-state index in [1.54, 1.807) is 0 Å². The Labute approximate surface area is 117 Å². The highest BCUT2D eigenvalue weighted by Gasteiger charge is 2.25. The van der Waals surface area contributed by atoms with E-state index >= 15 is 0 Å². The third-order valence-corrected chi connectivity index (χ3v) is 4.50. The molecule has 0 radical (unpaired) electrons. The van der Waals surface area contributed by atoms with Crippen LogP contribution in [0.1, 0.15) is 31.2 Å². The molecule has 1 aliphatic rings. The number of nitrogens with two attached hydrogens (primary N) is 1. The molecule has 1 saturated carbocycles. The average Bonchev–Trinajstić information content (AvgIpc) is 2.38. The first-order chi connectivity index (χ1) is 8.61. The lowest BCUT2D eigenvalue weighted by Gasteiger charge is -2.35. The topological polar surface area (TPSA) is 38.5 Å². The van der Waals surface area contributed by atoms with Crippen molar-refractivity contribution in [3.63, 3.8) is 0 Å². The van der Waals surface area contributed by atoms with Gasteiger partial charge in [-0.2, -0.15) is 0 Å². The van der Waals surface area contributed by atoms with E-state index in [1.165, 1.54) is 15.7 Å². The highest BCUT2D eigenvalue weighted by atomic mass is 79.9. The van der Waals surface area contributed by atoms with Crippen molar-refractivity contribution in [3.8, 4) is 0 Å². The highest BCUT2D eigenvalue weighted by Crippen LogP contribution is 2.32. The molecule has 2 rings (SSSR count). The smallest absolute Gasteiger partial charge is 0.0789 e. The van der Waals surface area contributed by atoms with Gasteiger partial charge in [-0.15, -0.1) is 0 Å². The number of benzene rings is 1. The van der Waals surface area contributed by atoms with Gasteiger partial charge in [-0.05, 0) is 66.2 Å². The molecule has 0 saturated heterocycles. The number of anilines is 1. The van der Waals surface area contributed by atoms with Crippen LogP contribution < -0.4 is 10.8 Å². The molecule has 1 fully saturated rings. The van der Waals surface area contributed by atoms with Crippen LogP contribution in [0, 0.1) is 6.92 Å². The van der Waals surface area contributed by atoms with E-state index in [-0.39, 0.29) is 6.10 Å². The second-order valence-electron chi connectivity index (χ2n) is 5.13. The van der Waals surface area contributed by atoms with Crippen LogP contribution >= 0.6 is 15.9 Å². The van der Waals surface area contributed by atoms with Gasteiger partial charge in [-0.3, -0.25) is 0 Å². The van der Waals surface area contributed by atoms with Gasteiger partial charge in [0.05, 0.1) is 11.8 Å². The summed E-state index contributed by atoms with van der Waals surface area (Å²) in [4.78, 5) is 7.31. The first-order valence-electron chi connectivity index (χ1n) is 6.46. The fourth-order valence-electron chi connectivity index (χ4n) is 2.66. The van der Waals surface area contributed by atoms with Crippen molar-refractivity contribution < 1.29 is 4.84 Å². The summed E-state index contributed by atoms with van der Waals surface area (Å²) in [7, 11) is 2.17. The van der Waals surface area contributed by atoms with Gasteiger partial charge in [0.15, 0.2) is 0 Å². The molecule has 0 unspecified atom stereocenters. The molecule has 0 aliphatic heterocycles. The molecule has 1 aromatic carbocycles. The minimum atomic E-state index is 0.246. The van der Waals surface area contributed by atoms with Gasteiger partial charge < -0.3 is 9.74 Å². The zero-order valence-electron chi connectivity index (χ0n) is 11.0. The van der Waals surface area contributed by atoms with Gasteiger partial charge in [0, 0.05) is 17.6 Å². The molecule has 0 amide bonds. The summed E-state index contributed by atoms with van der Waals surface area (Å²) >= 11 is 3.65. The van der Waals surface area contributed by atoms with Crippen LogP contribution in [0.3, 0.4) is 0 Å². The summed E-state index contributed by atoms with van der Waals surface area (Å²) in [5.41, 5.74) is 2.54. The van der Waals surface area contributed by atoms with Crippen LogP contribution in [0.5, 0.6) is 0 Å². The first-order valence-corrected chi connectivity index (χ1v) is 7.25. The molecule has 2 N–H and O–H groups in total. The Morgan fingerprint density at radius 1 is 1.28 bits per heavy atom. The molecular weight excluding hydrogens is 292 g/mol. The molecule has 1 aliphatic carbocycles. The summed E-state index contributed by atoms with van der Waals surface area (Å²) in [6.07, 6.45) is 4.62. The Bertz CT molecular complexity index is 403. The molecule has 100 valence electrons. The van der Waals surface area contributed by atoms with Gasteiger partial charge in [0.2, 0.25) is 0 Å². The summed E-state index contributed by atoms with van der Waals surface area (Å²) in [6.45, 7) is 2.11. The summed E-state index contributed by atoms with van der Waals surface area (Å²) < 4.78 is 1.17. The lowest BCUT2D eigenvalue weighted by atomic mass is 9.92. The maximum atomic E-state index is 5.26. The minimum Gasteiger partial charge on any atom is -0.371 e. The Balaban J connectivity index is 2.05. The van der Waals surface area contributed by atoms with Crippen LogP contribution in [0.25, 0.3) is 0 Å². The molecular formula is C14H21BrN2O. The Morgan fingerprint density at radius 2 is 1.94 bits per heavy atom. The number of hydrogen-bond donors (Lipinski definition) is 1. The van der Waals surface area contributed by atoms with Crippen molar-refractivity contribution in [2.75, 3.05) is 11.9 Å². The maximum absolute atomic E-state index is 5.26. The van der Waals surface area contributed by atoms with Crippen LogP contribution in [-0.2, 0) is 4.84 Å². The van der Waals surface area contributed by atoms with Crippen LogP contribution in [0.4, 0.5) is 5.69 Å². The Hall–Kier alpha value is -0.580. The van der Waals surface area contributed by atoms with Crippen molar-refractivity contribution in [2.45, 2.75) is 44.8 Å². The van der Waals surface area contributed by atoms with Crippen molar-refractivity contribution in [1.82, 2.24) is 0 Å². The van der Waals surface area contributed by atoms with Crippen LogP contribution in [0.2, 0.25) is 0 Å². The lowest BCUT2D eigenvalue weighted by molar-refractivity contribution is 0.0242. The molecule has 0 aromatic heterocycles. The molecule has 0 spiro atoms. The first kappa shape index (κ1) is 13.8. The van der Waals surface area contributed by atoms with E-state index in [0.717, 1.165) is 25.7 Å². The van der Waals surface area contributed by atoms with Gasteiger partial charge in [0.25, 0.3) is 0 Å². The number of aryl methyl sites for hydroxylation is 1. The summed E-state index contributed by atoms with van der Waals surface area (Å²) in [5, 5.41) is 0. The summed E-state index contributed by atoms with van der Waals surface area (Å²) in [6, 6.07) is 7.09. The molecule has 0 atom stereocenters. The molecule has 1 aromatic rings. The highest BCUT2D eigenvalue weighted by molar-refractivity contribution is 9.10. The maximum Gasteiger partial charge on any atom is 0.0789 e. The third kappa shape index (κ3) is 3.05. The van der Waals surface area contributed by atoms with Crippen molar-refractivity contribution in [1.29, 1.82) is 0 Å². The molecule has 0 bridgehead atoms. The minimum absolute atomic E-state index is 0.246. The fourth-order valence-corrected chi connectivity index (χ4v) is 3.44. The SMILES string of the molecule is Cc1ccc(N(C)C2CCC(ON)CC2)c(Br)c1. The number of rotatable bonds is 3. The summed E-state index contributed by atoms with van der Waals surface area (Å²) in [5.74, 6) is 5.26. The fraction of sp³-hybridized carbons (Fsp3) is 0.571. The molecule has 4 heteroatoms. The number of halogens is 1. The van der Waals surface area contributed by atoms with Crippen molar-refractivity contribution >= 4 is 21.6 Å². The Morgan fingerprint density at radius 3 is 2.50 bits per heavy atom. The van der Waals surface area contributed by atoms with Gasteiger partial charge in [0.1, 0.15) is 0 Å². The standard InChI is InChI=1S/C14H21BrN2O/c1-10-3-8-14(13(15)9-10)17(2)11-4-6-12(18-16)7-5-11/h3,8-9,11-12H,4-7,16H2,1-2H3. The van der Waals surface area contributed by atoms with Gasteiger partial charge in [-0.1, -0.05) is 6.07 Å². The quantitative estimate of drug-likeness (QED) is 0.869. The van der Waals surface area contributed by atoms with Gasteiger partial charge >= 0.3 is 0 Å². The van der Waals surface area contributed by atoms with E-state index < -0.39 is 0 Å². The predicted octanol–water partition coefficient (Wildman–Crippen LogP) is 3.40. The van der Waals surface area contributed by atoms with E-state index in [9.17, 15) is 0 Å². The molecule has 18 heavy (non-hydrogen) atoms. The average molecular weight is 313 g/mol. The largest absolute Gasteiger partial charge is 0.371 e. The lowest BCUT2D eigenvalue weighted by Crippen LogP contribution is -2.37. The van der Waals surface area contributed by atoms with Crippen molar-refractivity contribution in [2.24, 2.45) is 5.90 Å².